The first-order chi connectivity index (χ1) is 42.3. The number of aromatic nitrogens is 5. The molecule has 14 rings (SSSR count). The average molecular weight is 1180 g/mol. The van der Waals surface area contributed by atoms with Crippen molar-refractivity contribution < 1.29 is 46.8 Å². The van der Waals surface area contributed by atoms with E-state index in [-0.39, 0.29) is 54.8 Å². The fraction of sp³-hybridized carbons (Fsp3) is 0.0571. The van der Waals surface area contributed by atoms with Gasteiger partial charge in [-0.05, 0) is 98.7 Å². The van der Waals surface area contributed by atoms with Crippen molar-refractivity contribution in [1.29, 1.82) is 0 Å². The molecule has 372 valence electrons. The summed E-state index contributed by atoms with van der Waals surface area (Å²) in [5.41, 5.74) is 6.40. The monoisotopic (exact) mass is 1180 g/mol. The third kappa shape index (κ3) is 8.43. The topological polar surface area (TPSA) is 40.8 Å². The Morgan fingerprint density at radius 2 is 1.18 bits per heavy atom. The van der Waals surface area contributed by atoms with Gasteiger partial charge >= 0.3 is 0 Å². The zero-order valence-electron chi connectivity index (χ0n) is 53.4. The Hall–Kier alpha value is -9.09. The average Bonchev–Trinajstić information content (AvgIpc) is 1.90. The Kier molecular flexibility index (Phi) is 9.14. The summed E-state index contributed by atoms with van der Waals surface area (Å²) in [5.74, 6) is 1.09. The van der Waals surface area contributed by atoms with Crippen LogP contribution in [0.5, 0.6) is 11.5 Å². The molecule has 0 bridgehead atoms. The molecule has 10 aromatic carbocycles. The van der Waals surface area contributed by atoms with E-state index in [1.54, 1.807) is 69.9 Å². The first-order valence-electron chi connectivity index (χ1n) is 30.8. The van der Waals surface area contributed by atoms with Gasteiger partial charge in [0.15, 0.2) is 0 Å². The van der Waals surface area contributed by atoms with Gasteiger partial charge in [-0.15, -0.1) is 29.7 Å². The number of hydrogen-bond acceptors (Lipinski definition) is 2. The van der Waals surface area contributed by atoms with Crippen molar-refractivity contribution in [2.24, 2.45) is 0 Å². The van der Waals surface area contributed by atoms with Gasteiger partial charge in [0.2, 0.25) is 0 Å². The Labute approximate surface area is 478 Å². The number of nitrogens with zero attached hydrogens (tertiary/aromatic N) is 5. The third-order valence-corrected chi connectivity index (χ3v) is 14.0. The maximum atomic E-state index is 9.71. The maximum Gasteiger partial charge on any atom is 0.268 e. The summed E-state index contributed by atoms with van der Waals surface area (Å²) in [6, 6.07) is 58.9. The van der Waals surface area contributed by atoms with Crippen LogP contribution in [0.2, 0.25) is 0 Å². The number of pyridine rings is 1. The molecule has 7 heteroatoms. The van der Waals surface area contributed by atoms with Crippen LogP contribution in [0.1, 0.15) is 41.4 Å². The van der Waals surface area contributed by atoms with Crippen LogP contribution in [0.4, 0.5) is 0 Å². The van der Waals surface area contributed by atoms with Crippen LogP contribution in [-0.4, -0.2) is 18.7 Å². The van der Waals surface area contributed by atoms with E-state index in [0.717, 1.165) is 49.3 Å². The number of fused-ring (bicyclic) bond motifs is 7. The molecule has 6 nitrogen and oxygen atoms in total. The summed E-state index contributed by atoms with van der Waals surface area (Å²) in [6.45, 7) is 3.82. The molecule has 0 saturated heterocycles. The molecule has 0 radical (unpaired) electrons. The number of hydrogen-bond donors (Lipinski definition) is 0. The number of rotatable bonds is 11. The molecule has 4 aromatic heterocycles. The maximum absolute atomic E-state index is 9.71. The van der Waals surface area contributed by atoms with Gasteiger partial charge in [0.25, 0.3) is 6.33 Å². The van der Waals surface area contributed by atoms with Crippen LogP contribution in [-0.2, 0) is 32.9 Å². The molecule has 0 N–H and O–H groups in total. The van der Waals surface area contributed by atoms with Crippen molar-refractivity contribution in [3.8, 4) is 56.6 Å². The minimum Gasteiger partial charge on any atom is -0.510 e. The molecular formula is C70H49N5OPt-2. The molecule has 0 aliphatic heterocycles. The van der Waals surface area contributed by atoms with Gasteiger partial charge in [0.1, 0.15) is 5.82 Å². The largest absolute Gasteiger partial charge is 0.510 e. The molecule has 0 atom stereocenters. The van der Waals surface area contributed by atoms with Crippen molar-refractivity contribution in [1.82, 2.24) is 18.7 Å². The van der Waals surface area contributed by atoms with Gasteiger partial charge in [-0.3, -0.25) is 4.57 Å². The zero-order chi connectivity index (χ0) is 61.2. The molecule has 77 heavy (non-hydrogen) atoms. The second-order valence-electron chi connectivity index (χ2n) is 19.0. The van der Waals surface area contributed by atoms with Crippen LogP contribution >= 0.6 is 0 Å². The van der Waals surface area contributed by atoms with Crippen LogP contribution in [0.15, 0.2) is 249 Å². The van der Waals surface area contributed by atoms with Gasteiger partial charge in [-0.25, -0.2) is 4.98 Å². The van der Waals surface area contributed by atoms with Gasteiger partial charge in [0, 0.05) is 63.5 Å². The molecule has 0 fully saturated rings. The van der Waals surface area contributed by atoms with E-state index < -0.39 is 72.2 Å². The zero-order valence-corrected chi connectivity index (χ0v) is 43.6. The summed E-state index contributed by atoms with van der Waals surface area (Å²) < 4.78 is 122. The first-order valence-corrected chi connectivity index (χ1v) is 24.8. The van der Waals surface area contributed by atoms with Crippen LogP contribution < -0.4 is 9.30 Å². The smallest absolute Gasteiger partial charge is 0.268 e. The Morgan fingerprint density at radius 3 is 1.90 bits per heavy atom. The van der Waals surface area contributed by atoms with E-state index in [2.05, 4.69) is 65.5 Å². The van der Waals surface area contributed by atoms with E-state index in [1.807, 2.05) is 103 Å². The first kappa shape index (κ1) is 36.0. The molecule has 0 aliphatic rings. The van der Waals surface area contributed by atoms with E-state index in [0.29, 0.717) is 39.4 Å². The third-order valence-electron chi connectivity index (χ3n) is 14.0. The van der Waals surface area contributed by atoms with Crippen LogP contribution in [0.25, 0.3) is 99.8 Å². The summed E-state index contributed by atoms with van der Waals surface area (Å²) in [5, 5.41) is 4.00. The second-order valence-corrected chi connectivity index (χ2v) is 19.0. The van der Waals surface area contributed by atoms with Crippen molar-refractivity contribution >= 4 is 54.6 Å². The standard InChI is InChI=1S/C70H49N5O.Pt/c1-70(2,51-24-10-5-11-25-51)46-48-40-41-71-68(42-48)75-64-39-36-53(74-62-32-14-12-28-58(62)59-29-13-15-33-63(59)74)44-61(64)60-38-37-55(45-67(60)75)76-54-27-18-26-52(43-54)72-47-73(66-35-17-16-34-65(66)72)69-56(49-20-6-3-7-21-49)30-19-31-57(69)50-22-8-4-9-23-50;/h3-42,44H,46H2,1-2H3;/q-2;/i3D,4D,6D,7D,8D,9D,20D,21D,22D,23D,46D2;. The summed E-state index contributed by atoms with van der Waals surface area (Å²) in [6.07, 6.45) is 3.21. The number of benzene rings is 10. The van der Waals surface area contributed by atoms with Crippen molar-refractivity contribution in [3.63, 3.8) is 0 Å². The predicted octanol–water partition coefficient (Wildman–Crippen LogP) is 16.5. The Bertz CT molecular complexity index is 5040. The fourth-order valence-corrected chi connectivity index (χ4v) is 10.6. The van der Waals surface area contributed by atoms with Crippen LogP contribution in [0, 0.1) is 18.5 Å². The van der Waals surface area contributed by atoms with Crippen molar-refractivity contribution in [3.05, 3.63) is 278 Å². The molecule has 0 aliphatic carbocycles. The molecule has 4 heterocycles. The molecule has 0 unspecified atom stereocenters. The van der Waals surface area contributed by atoms with Crippen molar-refractivity contribution in [2.45, 2.75) is 25.6 Å². The molecular weight excluding hydrogens is 1120 g/mol. The summed E-state index contributed by atoms with van der Waals surface area (Å²) >= 11 is 0. The quantitative estimate of drug-likeness (QED) is 0.0956. The van der Waals surface area contributed by atoms with Gasteiger partial charge in [0.05, 0.1) is 41.5 Å². The van der Waals surface area contributed by atoms with Crippen LogP contribution in [0.3, 0.4) is 0 Å². The van der Waals surface area contributed by atoms with Gasteiger partial charge < -0.3 is 18.4 Å². The van der Waals surface area contributed by atoms with Crippen molar-refractivity contribution in [2.75, 3.05) is 0 Å². The van der Waals surface area contributed by atoms with E-state index in [1.165, 1.54) is 0 Å². The Balaban J connectivity index is 0.00000729. The van der Waals surface area contributed by atoms with Gasteiger partial charge in [-0.1, -0.05) is 189 Å². The molecule has 14 aromatic rings. The second kappa shape index (κ2) is 19.6. The number of ether oxygens (including phenoxy) is 1. The molecule has 0 saturated carbocycles. The minimum absolute atomic E-state index is 0. The fourth-order valence-electron chi connectivity index (χ4n) is 10.6. The van der Waals surface area contributed by atoms with Gasteiger partial charge in [-0.2, -0.15) is 18.2 Å². The molecule has 0 spiro atoms. The summed E-state index contributed by atoms with van der Waals surface area (Å²) in [4.78, 5) is 4.93. The molecule has 0 amide bonds. The Morgan fingerprint density at radius 1 is 0.558 bits per heavy atom. The predicted molar refractivity (Wildman–Crippen MR) is 308 cm³/mol. The van der Waals surface area contributed by atoms with E-state index in [4.69, 9.17) is 23.4 Å². The number of para-hydroxylation sites is 5. The van der Waals surface area contributed by atoms with E-state index >= 15 is 0 Å². The summed E-state index contributed by atoms with van der Waals surface area (Å²) in [7, 11) is 0. The number of imidazole rings is 1. The van der Waals surface area contributed by atoms with E-state index in [9.17, 15) is 2.74 Å². The normalized spacial score (nSPS) is 14.1. The SMILES string of the molecule is [2H]c1c([2H])c([2H])c(-c2cccc(-c3c([2H])c([2H])c([2H])c([2H])c3[2H])c2-[n+]2[c-]n(-c3[c-]c(Oc4[c-]c5c(cc4)c4cc(-n6c7ccccc7c7ccccc76)ccc4n5-c4cc(C([2H])([2H])C(C)(C)c5ccccc5)ccn4)ccc3)c3ccccc32)c([2H])c1[2H].[Pt]. The minimum atomic E-state index is -1.85.